The van der Waals surface area contributed by atoms with E-state index in [-0.39, 0.29) is 0 Å². The Balaban J connectivity index is 0.000000450. The Bertz CT molecular complexity index is 304. The Kier molecular flexibility index (Phi) is 8.57. The number of fused-ring (bicyclic) bond motifs is 1. The fourth-order valence-corrected chi connectivity index (χ4v) is 2.04. The number of hydrogen-bond acceptors (Lipinski definition) is 1. The number of aryl methyl sites for hydroxylation is 1. The lowest BCUT2D eigenvalue weighted by Crippen LogP contribution is -2.06. The van der Waals surface area contributed by atoms with Crippen molar-refractivity contribution in [2.75, 3.05) is 0 Å². The van der Waals surface area contributed by atoms with Gasteiger partial charge in [0.05, 0.1) is 0 Å². The number of benzene rings is 1. The van der Waals surface area contributed by atoms with Crippen LogP contribution in [-0.4, -0.2) is 5.11 Å². The number of rotatable bonds is 0. The molecule has 0 radical (unpaired) electrons. The Morgan fingerprint density at radius 3 is 2.41 bits per heavy atom. The first-order valence-electron chi connectivity index (χ1n) is 7.00. The molecule has 0 heterocycles. The summed E-state index contributed by atoms with van der Waals surface area (Å²) in [5.74, 6) is 1.08. The lowest BCUT2D eigenvalue weighted by atomic mass is 9.84. The van der Waals surface area contributed by atoms with Gasteiger partial charge >= 0.3 is 0 Å². The quantitative estimate of drug-likeness (QED) is 0.650. The van der Waals surface area contributed by atoms with Crippen molar-refractivity contribution in [3.8, 4) is 5.75 Å². The van der Waals surface area contributed by atoms with E-state index < -0.39 is 0 Å². The van der Waals surface area contributed by atoms with Crippen LogP contribution in [0.5, 0.6) is 5.75 Å². The van der Waals surface area contributed by atoms with Gasteiger partial charge in [-0.15, -0.1) is 0 Å². The molecular formula is C16H28O. The molecule has 0 saturated carbocycles. The van der Waals surface area contributed by atoms with Crippen LogP contribution in [0.2, 0.25) is 0 Å². The summed E-state index contributed by atoms with van der Waals surface area (Å²) in [6.07, 6.45) is 4.93. The highest BCUT2D eigenvalue weighted by molar-refractivity contribution is 5.38. The predicted octanol–water partition coefficient (Wildman–Crippen LogP) is 5.27. The van der Waals surface area contributed by atoms with Crippen LogP contribution < -0.4 is 0 Å². The minimum atomic E-state index is 0.405. The largest absolute Gasteiger partial charge is 0.508 e. The van der Waals surface area contributed by atoms with Gasteiger partial charge < -0.3 is 5.11 Å². The summed E-state index contributed by atoms with van der Waals surface area (Å²) in [5.41, 5.74) is 2.77. The Hall–Kier alpha value is -0.980. The van der Waals surface area contributed by atoms with Crippen molar-refractivity contribution in [3.63, 3.8) is 0 Å². The molecule has 0 fully saturated rings. The van der Waals surface area contributed by atoms with E-state index in [0.717, 1.165) is 6.42 Å². The highest BCUT2D eigenvalue weighted by Crippen LogP contribution is 2.32. The molecule has 0 spiro atoms. The monoisotopic (exact) mass is 236 g/mol. The normalized spacial score (nSPS) is 16.9. The molecule has 1 unspecified atom stereocenters. The lowest BCUT2D eigenvalue weighted by Gasteiger charge is -2.21. The van der Waals surface area contributed by atoms with Crippen LogP contribution >= 0.6 is 0 Å². The fraction of sp³-hybridized carbons (Fsp3) is 0.625. The van der Waals surface area contributed by atoms with Crippen molar-refractivity contribution in [2.24, 2.45) is 0 Å². The molecule has 17 heavy (non-hydrogen) atoms. The summed E-state index contributed by atoms with van der Waals surface area (Å²) >= 11 is 0. The Morgan fingerprint density at radius 2 is 1.82 bits per heavy atom. The molecule has 1 atom stereocenters. The first-order valence-corrected chi connectivity index (χ1v) is 7.00. The average molecular weight is 236 g/mol. The van der Waals surface area contributed by atoms with Gasteiger partial charge in [0.15, 0.2) is 0 Å². The molecule has 0 bridgehead atoms. The van der Waals surface area contributed by atoms with Gasteiger partial charge in [0, 0.05) is 0 Å². The van der Waals surface area contributed by atoms with Gasteiger partial charge in [0.1, 0.15) is 5.75 Å². The molecule has 1 aromatic rings. The van der Waals surface area contributed by atoms with E-state index in [9.17, 15) is 5.11 Å². The van der Waals surface area contributed by atoms with E-state index in [4.69, 9.17) is 0 Å². The molecule has 0 saturated heterocycles. The van der Waals surface area contributed by atoms with Crippen LogP contribution in [0.15, 0.2) is 18.2 Å². The molecule has 1 aliphatic rings. The summed E-state index contributed by atoms with van der Waals surface area (Å²) in [6.45, 7) is 10.5. The van der Waals surface area contributed by atoms with Gasteiger partial charge in [-0.25, -0.2) is 0 Å². The van der Waals surface area contributed by atoms with Crippen LogP contribution in [0, 0.1) is 0 Å². The molecule has 2 rings (SSSR count). The minimum absolute atomic E-state index is 0.405. The summed E-state index contributed by atoms with van der Waals surface area (Å²) in [7, 11) is 0. The van der Waals surface area contributed by atoms with Crippen molar-refractivity contribution >= 4 is 0 Å². The first kappa shape index (κ1) is 16.0. The van der Waals surface area contributed by atoms with E-state index >= 15 is 0 Å². The van der Waals surface area contributed by atoms with E-state index in [1.807, 2.05) is 19.9 Å². The summed E-state index contributed by atoms with van der Waals surface area (Å²) in [5, 5.41) is 9.27. The van der Waals surface area contributed by atoms with Gasteiger partial charge in [0.2, 0.25) is 0 Å². The second-order valence-electron chi connectivity index (χ2n) is 4.38. The van der Waals surface area contributed by atoms with E-state index in [0.29, 0.717) is 11.7 Å². The van der Waals surface area contributed by atoms with Gasteiger partial charge in [0.25, 0.3) is 0 Å². The molecule has 98 valence electrons. The summed E-state index contributed by atoms with van der Waals surface area (Å²) in [4.78, 5) is 0. The zero-order chi connectivity index (χ0) is 13.3. The number of hydrogen-bond donors (Lipinski definition) is 1. The molecular weight excluding hydrogens is 208 g/mol. The van der Waals surface area contributed by atoms with Crippen molar-refractivity contribution in [2.45, 2.75) is 66.2 Å². The zero-order valence-electron chi connectivity index (χ0n) is 12.1. The van der Waals surface area contributed by atoms with Crippen LogP contribution in [-0.2, 0) is 6.42 Å². The van der Waals surface area contributed by atoms with Crippen molar-refractivity contribution in [1.82, 2.24) is 0 Å². The van der Waals surface area contributed by atoms with Crippen LogP contribution in [0.3, 0.4) is 0 Å². The topological polar surface area (TPSA) is 20.2 Å². The van der Waals surface area contributed by atoms with Crippen LogP contribution in [0.1, 0.15) is 70.9 Å². The minimum Gasteiger partial charge on any atom is -0.508 e. The summed E-state index contributed by atoms with van der Waals surface area (Å²) in [6, 6.07) is 5.76. The molecule has 1 nitrogen and oxygen atoms in total. The second kappa shape index (κ2) is 9.09. The molecule has 1 aromatic carbocycles. The van der Waals surface area contributed by atoms with E-state index in [2.05, 4.69) is 26.8 Å². The molecule has 0 aliphatic heterocycles. The van der Waals surface area contributed by atoms with Gasteiger partial charge in [-0.05, 0) is 48.4 Å². The maximum absolute atomic E-state index is 9.27. The van der Waals surface area contributed by atoms with Gasteiger partial charge in [-0.1, -0.05) is 47.1 Å². The number of aromatic hydroxyl groups is 1. The summed E-state index contributed by atoms with van der Waals surface area (Å²) < 4.78 is 0. The molecule has 1 heteroatoms. The molecule has 0 aromatic heterocycles. The fourth-order valence-electron chi connectivity index (χ4n) is 2.04. The number of phenols is 1. The smallest absolute Gasteiger partial charge is 0.115 e. The lowest BCUT2D eigenvalue weighted by molar-refractivity contribution is 0.472. The van der Waals surface area contributed by atoms with Crippen LogP contribution in [0.4, 0.5) is 0 Å². The highest BCUT2D eigenvalue weighted by atomic mass is 16.3. The third-order valence-electron chi connectivity index (χ3n) is 2.74. The maximum Gasteiger partial charge on any atom is 0.115 e. The first-order chi connectivity index (χ1) is 8.19. The standard InChI is InChI=1S/C11H14O.C3H8.C2H6/c1-8-3-2-4-9-7-10(12)5-6-11(8)9;1-3-2;1-2/h5-8,12H,2-4H2,1H3;3H2,1-2H3;1-2H3. The number of phenolic OH excluding ortho intramolecular Hbond substituents is 1. The SMILES string of the molecule is CC.CC1CCCc2cc(O)ccc21.CCC. The zero-order valence-corrected chi connectivity index (χ0v) is 12.1. The van der Waals surface area contributed by atoms with Crippen molar-refractivity contribution in [1.29, 1.82) is 0 Å². The van der Waals surface area contributed by atoms with Crippen molar-refractivity contribution < 1.29 is 5.11 Å². The molecule has 1 aliphatic carbocycles. The third kappa shape index (κ3) is 5.25. The Labute approximate surface area is 107 Å². The average Bonchev–Trinajstić information content (AvgIpc) is 2.32. The van der Waals surface area contributed by atoms with Gasteiger partial charge in [-0.2, -0.15) is 0 Å². The van der Waals surface area contributed by atoms with E-state index in [1.165, 1.54) is 30.4 Å². The third-order valence-corrected chi connectivity index (χ3v) is 2.74. The Morgan fingerprint density at radius 1 is 1.24 bits per heavy atom. The second-order valence-corrected chi connectivity index (χ2v) is 4.38. The predicted molar refractivity (Wildman–Crippen MR) is 76.8 cm³/mol. The van der Waals surface area contributed by atoms with Crippen LogP contribution in [0.25, 0.3) is 0 Å². The van der Waals surface area contributed by atoms with E-state index in [1.54, 1.807) is 6.07 Å². The maximum atomic E-state index is 9.27. The van der Waals surface area contributed by atoms with Crippen molar-refractivity contribution in [3.05, 3.63) is 29.3 Å². The van der Waals surface area contributed by atoms with Gasteiger partial charge in [-0.3, -0.25) is 0 Å². The molecule has 1 N–H and O–H groups in total. The highest BCUT2D eigenvalue weighted by Gasteiger charge is 2.15. The molecule has 0 amide bonds.